The number of allylic oxidation sites excluding steroid dienone is 4. The molecule has 7 aromatic carbocycles. The molecule has 1 unspecified atom stereocenters. The van der Waals surface area contributed by atoms with Gasteiger partial charge in [-0.25, -0.2) is 15.0 Å². The Balaban J connectivity index is 1.12. The van der Waals surface area contributed by atoms with Gasteiger partial charge in [0.15, 0.2) is 17.5 Å². The van der Waals surface area contributed by atoms with E-state index in [4.69, 9.17) is 24.1 Å². The fourth-order valence-corrected chi connectivity index (χ4v) is 7.88. The molecule has 11 rings (SSSR count). The molecule has 5 heteroatoms. The van der Waals surface area contributed by atoms with E-state index in [2.05, 4.69) is 103 Å². The minimum absolute atomic E-state index is 0.133. The Morgan fingerprint density at radius 2 is 1.22 bits per heavy atom. The van der Waals surface area contributed by atoms with Crippen LogP contribution in [0.15, 0.2) is 156 Å². The second-order valence-corrected chi connectivity index (χ2v) is 13.1. The molecular formula is C45H27N3O2. The Bertz CT molecular complexity index is 2950. The lowest BCUT2D eigenvalue weighted by atomic mass is 9.88. The molecule has 9 aromatic rings. The van der Waals surface area contributed by atoms with E-state index in [1.807, 2.05) is 42.5 Å². The van der Waals surface area contributed by atoms with E-state index in [-0.39, 0.29) is 5.92 Å². The summed E-state index contributed by atoms with van der Waals surface area (Å²) in [5.74, 6) is 3.83. The summed E-state index contributed by atoms with van der Waals surface area (Å²) in [6.45, 7) is 0. The van der Waals surface area contributed by atoms with Gasteiger partial charge in [0.1, 0.15) is 22.7 Å². The average molecular weight is 642 g/mol. The highest BCUT2D eigenvalue weighted by molar-refractivity contribution is 6.17. The molecule has 0 N–H and O–H groups in total. The van der Waals surface area contributed by atoms with Gasteiger partial charge in [-0.1, -0.05) is 103 Å². The highest BCUT2D eigenvalue weighted by Crippen LogP contribution is 2.48. The summed E-state index contributed by atoms with van der Waals surface area (Å²) in [4.78, 5) is 15.5. The summed E-state index contributed by atoms with van der Waals surface area (Å²) >= 11 is 0. The Morgan fingerprint density at radius 1 is 0.520 bits per heavy atom. The number of hydrogen-bond donors (Lipinski definition) is 0. The largest absolute Gasteiger partial charge is 0.461 e. The van der Waals surface area contributed by atoms with Crippen molar-refractivity contribution in [2.24, 2.45) is 0 Å². The van der Waals surface area contributed by atoms with Crippen molar-refractivity contribution in [1.82, 2.24) is 15.0 Å². The number of furan rings is 1. The number of ether oxygens (including phenoxy) is 1. The van der Waals surface area contributed by atoms with E-state index < -0.39 is 0 Å². The molecule has 0 radical (unpaired) electrons. The van der Waals surface area contributed by atoms with Gasteiger partial charge in [-0.2, -0.15) is 0 Å². The molecule has 1 atom stereocenters. The van der Waals surface area contributed by atoms with Gasteiger partial charge < -0.3 is 9.15 Å². The van der Waals surface area contributed by atoms with Gasteiger partial charge in [-0.05, 0) is 81.2 Å². The van der Waals surface area contributed by atoms with Crippen LogP contribution in [0.25, 0.3) is 88.4 Å². The number of rotatable bonds is 3. The molecule has 234 valence electrons. The first-order valence-electron chi connectivity index (χ1n) is 17.0. The van der Waals surface area contributed by atoms with Crippen LogP contribution in [-0.2, 0) is 0 Å². The molecule has 3 heterocycles. The van der Waals surface area contributed by atoms with Gasteiger partial charge in [0, 0.05) is 33.0 Å². The molecule has 0 saturated carbocycles. The van der Waals surface area contributed by atoms with Crippen molar-refractivity contribution in [1.29, 1.82) is 0 Å². The van der Waals surface area contributed by atoms with Crippen molar-refractivity contribution in [3.63, 3.8) is 0 Å². The standard InChI is InChI=1S/C45H27N3O2/c1-2-9-30-26(8-1)16-21-33-31-20-18-28(24-27(31)17-22-32(30)33)43-46-44(29-19-23-40-37(25-29)34-10-3-5-13-38(34)49-40)48-45(47-43)36-12-7-15-41-42(36)35-11-4-6-14-39(35)50-41/h1-10,12-25,35H,11H2. The second kappa shape index (κ2) is 10.5. The van der Waals surface area contributed by atoms with Gasteiger partial charge in [0.25, 0.3) is 0 Å². The monoisotopic (exact) mass is 641 g/mol. The van der Waals surface area contributed by atoms with E-state index in [0.29, 0.717) is 17.5 Å². The highest BCUT2D eigenvalue weighted by Gasteiger charge is 2.33. The van der Waals surface area contributed by atoms with Crippen molar-refractivity contribution < 1.29 is 9.15 Å². The van der Waals surface area contributed by atoms with E-state index in [0.717, 1.165) is 67.5 Å². The number of hydrogen-bond acceptors (Lipinski definition) is 5. The fraction of sp³-hybridized carbons (Fsp3) is 0.0444. The van der Waals surface area contributed by atoms with Gasteiger partial charge in [0.05, 0.1) is 5.92 Å². The summed E-state index contributed by atoms with van der Waals surface area (Å²) in [6.07, 6.45) is 7.20. The summed E-state index contributed by atoms with van der Waals surface area (Å²) in [5.41, 5.74) is 5.62. The van der Waals surface area contributed by atoms with Crippen LogP contribution < -0.4 is 4.74 Å². The van der Waals surface area contributed by atoms with Crippen molar-refractivity contribution in [2.45, 2.75) is 12.3 Å². The van der Waals surface area contributed by atoms with E-state index in [9.17, 15) is 0 Å². The lowest BCUT2D eigenvalue weighted by Crippen LogP contribution is -2.04. The molecule has 50 heavy (non-hydrogen) atoms. The Hall–Kier alpha value is -6.59. The maximum absolute atomic E-state index is 6.32. The van der Waals surface area contributed by atoms with Crippen molar-refractivity contribution in [3.8, 4) is 39.9 Å². The summed E-state index contributed by atoms with van der Waals surface area (Å²) < 4.78 is 12.5. The smallest absolute Gasteiger partial charge is 0.164 e. The lowest BCUT2D eigenvalue weighted by Gasteiger charge is -2.15. The zero-order valence-electron chi connectivity index (χ0n) is 26.8. The van der Waals surface area contributed by atoms with Gasteiger partial charge in [0.2, 0.25) is 0 Å². The minimum atomic E-state index is 0.133. The van der Waals surface area contributed by atoms with Crippen molar-refractivity contribution in [2.75, 3.05) is 0 Å². The number of para-hydroxylation sites is 1. The number of aromatic nitrogens is 3. The van der Waals surface area contributed by atoms with E-state index in [1.165, 1.54) is 26.9 Å². The normalized spacial score (nSPS) is 15.1. The molecule has 1 aliphatic carbocycles. The van der Waals surface area contributed by atoms with E-state index in [1.54, 1.807) is 0 Å². The zero-order chi connectivity index (χ0) is 32.8. The molecule has 0 bridgehead atoms. The SMILES string of the molecule is C1=CCC2C(=C1)Oc1cccc(-c3nc(-c4ccc5c(ccc6c7ccccc7ccc56)c4)nc(-c4ccc5oc6ccccc6c5c4)n3)c12. The van der Waals surface area contributed by atoms with Crippen LogP contribution in [0.4, 0.5) is 0 Å². The summed E-state index contributed by atoms with van der Waals surface area (Å²) in [5, 5.41) is 9.42. The van der Waals surface area contributed by atoms with Crippen molar-refractivity contribution in [3.05, 3.63) is 157 Å². The first-order valence-corrected chi connectivity index (χ1v) is 17.0. The third kappa shape index (κ3) is 4.10. The lowest BCUT2D eigenvalue weighted by molar-refractivity contribution is 0.425. The van der Waals surface area contributed by atoms with Gasteiger partial charge in [-0.3, -0.25) is 0 Å². The van der Waals surface area contributed by atoms with Crippen LogP contribution in [0.1, 0.15) is 17.9 Å². The Labute approximate surface area is 286 Å². The molecule has 2 aliphatic rings. The predicted octanol–water partition coefficient (Wildman–Crippen LogP) is 11.6. The highest BCUT2D eigenvalue weighted by atomic mass is 16.5. The molecule has 5 nitrogen and oxygen atoms in total. The van der Waals surface area contributed by atoms with Crippen LogP contribution in [0.5, 0.6) is 5.75 Å². The topological polar surface area (TPSA) is 61.0 Å². The Kier molecular flexibility index (Phi) is 5.72. The average Bonchev–Trinajstić information content (AvgIpc) is 3.75. The van der Waals surface area contributed by atoms with Crippen LogP contribution in [0, 0.1) is 0 Å². The molecule has 0 spiro atoms. The third-order valence-electron chi connectivity index (χ3n) is 10.3. The summed E-state index contributed by atoms with van der Waals surface area (Å²) in [6, 6.07) is 44.5. The maximum atomic E-state index is 6.32. The third-order valence-corrected chi connectivity index (χ3v) is 10.3. The van der Waals surface area contributed by atoms with Gasteiger partial charge in [-0.15, -0.1) is 0 Å². The van der Waals surface area contributed by atoms with Gasteiger partial charge >= 0.3 is 0 Å². The molecule has 0 saturated heterocycles. The van der Waals surface area contributed by atoms with Crippen LogP contribution in [-0.4, -0.2) is 15.0 Å². The molecule has 0 amide bonds. The molecule has 0 fully saturated rings. The van der Waals surface area contributed by atoms with Crippen LogP contribution >= 0.6 is 0 Å². The zero-order valence-corrected chi connectivity index (χ0v) is 26.8. The second-order valence-electron chi connectivity index (χ2n) is 13.1. The first-order chi connectivity index (χ1) is 24.7. The minimum Gasteiger partial charge on any atom is -0.461 e. The molecule has 1 aliphatic heterocycles. The first kappa shape index (κ1) is 27.4. The predicted molar refractivity (Wildman–Crippen MR) is 201 cm³/mol. The number of nitrogens with zero attached hydrogens (tertiary/aromatic N) is 3. The molecule has 2 aromatic heterocycles. The van der Waals surface area contributed by atoms with Crippen LogP contribution in [0.3, 0.4) is 0 Å². The van der Waals surface area contributed by atoms with E-state index >= 15 is 0 Å². The number of fused-ring (bicyclic) bond motifs is 11. The maximum Gasteiger partial charge on any atom is 0.164 e. The summed E-state index contributed by atoms with van der Waals surface area (Å²) in [7, 11) is 0. The Morgan fingerprint density at radius 3 is 2.12 bits per heavy atom. The number of benzene rings is 7. The quantitative estimate of drug-likeness (QED) is 0.180. The van der Waals surface area contributed by atoms with Crippen LogP contribution in [0.2, 0.25) is 0 Å². The molecular weight excluding hydrogens is 615 g/mol. The fourth-order valence-electron chi connectivity index (χ4n) is 7.88. The van der Waals surface area contributed by atoms with Crippen molar-refractivity contribution >= 4 is 54.3 Å².